The van der Waals surface area contributed by atoms with Gasteiger partial charge in [-0.3, -0.25) is 4.79 Å². The molecule has 0 spiro atoms. The Hall–Kier alpha value is -3.40. The third-order valence-electron chi connectivity index (χ3n) is 4.79. The van der Waals surface area contributed by atoms with Crippen LogP contribution in [0.25, 0.3) is 11.1 Å². The first-order valence-corrected chi connectivity index (χ1v) is 9.76. The summed E-state index contributed by atoms with van der Waals surface area (Å²) in [5.41, 5.74) is 4.35. The number of hydrogen-bond acceptors (Lipinski definition) is 3. The molecule has 0 aliphatic rings. The molecule has 0 aromatic heterocycles. The van der Waals surface area contributed by atoms with Crippen LogP contribution in [0.2, 0.25) is 0 Å². The summed E-state index contributed by atoms with van der Waals surface area (Å²) in [4.78, 5) is 25.0. The molecule has 1 N–H and O–H groups in total. The van der Waals surface area contributed by atoms with Gasteiger partial charge in [-0.25, -0.2) is 4.79 Å². The average molecular weight is 387 g/mol. The summed E-state index contributed by atoms with van der Waals surface area (Å²) in [6.45, 7) is 3.72. The number of ether oxygens (including phenoxy) is 1. The van der Waals surface area contributed by atoms with Gasteiger partial charge in [-0.15, -0.1) is 0 Å². The molecule has 0 radical (unpaired) electrons. The van der Waals surface area contributed by atoms with E-state index in [1.54, 1.807) is 12.1 Å². The molecular formula is C25H25NO3. The summed E-state index contributed by atoms with van der Waals surface area (Å²) in [6.07, 6.45) is 0.750. The second-order valence-corrected chi connectivity index (χ2v) is 6.93. The SMILES string of the molecule is CC[C@@H](NC(=O)COC(=O)c1ccccc1-c1ccccc1)c1ccc(C)cc1. The molecule has 1 atom stereocenters. The standard InChI is InChI=1S/C25H25NO3/c1-3-23(20-15-13-18(2)14-16-20)26-24(27)17-29-25(28)22-12-8-7-11-21(22)19-9-5-4-6-10-19/h4-16,23H,3,17H2,1-2H3,(H,26,27)/t23-/m1/s1. The van der Waals surface area contributed by atoms with Gasteiger partial charge in [0.2, 0.25) is 0 Å². The Balaban J connectivity index is 1.63. The Labute approximate surface area is 171 Å². The zero-order valence-corrected chi connectivity index (χ0v) is 16.7. The van der Waals surface area contributed by atoms with Crippen molar-refractivity contribution < 1.29 is 14.3 Å². The van der Waals surface area contributed by atoms with Crippen LogP contribution in [0.5, 0.6) is 0 Å². The number of carbonyl (C=O) groups is 2. The zero-order chi connectivity index (χ0) is 20.6. The minimum atomic E-state index is -0.511. The van der Waals surface area contributed by atoms with Crippen molar-refractivity contribution in [3.8, 4) is 11.1 Å². The monoisotopic (exact) mass is 387 g/mol. The maximum absolute atomic E-state index is 12.6. The fourth-order valence-corrected chi connectivity index (χ4v) is 3.20. The summed E-state index contributed by atoms with van der Waals surface area (Å²) in [6, 6.07) is 24.8. The van der Waals surface area contributed by atoms with Crippen LogP contribution >= 0.6 is 0 Å². The van der Waals surface area contributed by atoms with Gasteiger partial charge in [0.1, 0.15) is 0 Å². The molecule has 0 saturated carbocycles. The maximum Gasteiger partial charge on any atom is 0.339 e. The van der Waals surface area contributed by atoms with E-state index in [1.807, 2.05) is 80.6 Å². The average Bonchev–Trinajstić information content (AvgIpc) is 2.77. The number of aryl methyl sites for hydroxylation is 1. The number of esters is 1. The molecule has 3 rings (SSSR count). The van der Waals surface area contributed by atoms with E-state index in [0.29, 0.717) is 5.56 Å². The van der Waals surface area contributed by atoms with Crippen LogP contribution in [0, 0.1) is 6.92 Å². The van der Waals surface area contributed by atoms with Gasteiger partial charge in [-0.2, -0.15) is 0 Å². The van der Waals surface area contributed by atoms with Crippen molar-refractivity contribution >= 4 is 11.9 Å². The van der Waals surface area contributed by atoms with E-state index >= 15 is 0 Å². The Morgan fingerprint density at radius 2 is 1.55 bits per heavy atom. The molecule has 29 heavy (non-hydrogen) atoms. The lowest BCUT2D eigenvalue weighted by molar-refractivity contribution is -0.125. The minimum absolute atomic E-state index is 0.113. The first-order chi connectivity index (χ1) is 14.1. The molecular weight excluding hydrogens is 362 g/mol. The summed E-state index contributed by atoms with van der Waals surface area (Å²) in [5, 5.41) is 2.94. The van der Waals surface area contributed by atoms with Crippen molar-refractivity contribution in [2.45, 2.75) is 26.3 Å². The predicted octanol–water partition coefficient (Wildman–Crippen LogP) is 5.09. The third-order valence-corrected chi connectivity index (χ3v) is 4.79. The second kappa shape index (κ2) is 9.69. The van der Waals surface area contributed by atoms with Gasteiger partial charge in [-0.1, -0.05) is 85.3 Å². The Bertz CT molecular complexity index is 965. The molecule has 0 aliphatic heterocycles. The second-order valence-electron chi connectivity index (χ2n) is 6.93. The van der Waals surface area contributed by atoms with Crippen LogP contribution in [0.15, 0.2) is 78.9 Å². The molecule has 3 aromatic rings. The van der Waals surface area contributed by atoms with Crippen molar-refractivity contribution in [1.29, 1.82) is 0 Å². The molecule has 0 heterocycles. The highest BCUT2D eigenvalue weighted by molar-refractivity contribution is 5.98. The maximum atomic E-state index is 12.6. The highest BCUT2D eigenvalue weighted by Gasteiger charge is 2.17. The quantitative estimate of drug-likeness (QED) is 0.575. The van der Waals surface area contributed by atoms with Crippen molar-refractivity contribution in [3.05, 3.63) is 95.6 Å². The molecule has 0 bridgehead atoms. The molecule has 0 fully saturated rings. The van der Waals surface area contributed by atoms with Crippen LogP contribution in [0.3, 0.4) is 0 Å². The molecule has 1 amide bonds. The predicted molar refractivity (Wildman–Crippen MR) is 115 cm³/mol. The van der Waals surface area contributed by atoms with Crippen LogP contribution < -0.4 is 5.32 Å². The topological polar surface area (TPSA) is 55.4 Å². The smallest absolute Gasteiger partial charge is 0.339 e. The largest absolute Gasteiger partial charge is 0.452 e. The normalized spacial score (nSPS) is 11.5. The van der Waals surface area contributed by atoms with Crippen molar-refractivity contribution in [2.75, 3.05) is 6.61 Å². The van der Waals surface area contributed by atoms with Crippen LogP contribution in [0.4, 0.5) is 0 Å². The molecule has 4 heteroatoms. The Morgan fingerprint density at radius 3 is 2.24 bits per heavy atom. The van der Waals surface area contributed by atoms with Crippen molar-refractivity contribution in [1.82, 2.24) is 5.32 Å². The van der Waals surface area contributed by atoms with E-state index in [2.05, 4.69) is 5.32 Å². The Morgan fingerprint density at radius 1 is 0.897 bits per heavy atom. The van der Waals surface area contributed by atoms with Gasteiger partial charge in [-0.05, 0) is 36.1 Å². The van der Waals surface area contributed by atoms with Gasteiger partial charge in [0.25, 0.3) is 5.91 Å². The van der Waals surface area contributed by atoms with E-state index in [4.69, 9.17) is 4.74 Å². The van der Waals surface area contributed by atoms with E-state index in [-0.39, 0.29) is 18.6 Å². The minimum Gasteiger partial charge on any atom is -0.452 e. The highest BCUT2D eigenvalue weighted by atomic mass is 16.5. The zero-order valence-electron chi connectivity index (χ0n) is 16.7. The van der Waals surface area contributed by atoms with E-state index < -0.39 is 5.97 Å². The van der Waals surface area contributed by atoms with E-state index in [0.717, 1.165) is 23.1 Å². The van der Waals surface area contributed by atoms with Crippen LogP contribution in [-0.4, -0.2) is 18.5 Å². The first kappa shape index (κ1) is 20.3. The highest BCUT2D eigenvalue weighted by Crippen LogP contribution is 2.24. The summed E-state index contributed by atoms with van der Waals surface area (Å²) in [5.74, 6) is -0.828. The van der Waals surface area contributed by atoms with Gasteiger partial charge in [0, 0.05) is 0 Å². The number of benzene rings is 3. The number of rotatable bonds is 7. The lowest BCUT2D eigenvalue weighted by Gasteiger charge is -2.18. The number of hydrogen-bond donors (Lipinski definition) is 1. The van der Waals surface area contributed by atoms with Crippen molar-refractivity contribution in [2.24, 2.45) is 0 Å². The number of nitrogens with one attached hydrogen (secondary N) is 1. The Kier molecular flexibility index (Phi) is 6.80. The fraction of sp³-hybridized carbons (Fsp3) is 0.200. The molecule has 0 aliphatic carbocycles. The van der Waals surface area contributed by atoms with E-state index in [1.165, 1.54) is 5.56 Å². The summed E-state index contributed by atoms with van der Waals surface area (Å²) >= 11 is 0. The summed E-state index contributed by atoms with van der Waals surface area (Å²) < 4.78 is 5.30. The van der Waals surface area contributed by atoms with Gasteiger partial charge < -0.3 is 10.1 Å². The van der Waals surface area contributed by atoms with Crippen LogP contribution in [-0.2, 0) is 9.53 Å². The molecule has 4 nitrogen and oxygen atoms in total. The first-order valence-electron chi connectivity index (χ1n) is 9.76. The van der Waals surface area contributed by atoms with Gasteiger partial charge >= 0.3 is 5.97 Å². The molecule has 3 aromatic carbocycles. The molecule has 0 unspecified atom stereocenters. The number of amides is 1. The van der Waals surface area contributed by atoms with Crippen LogP contribution in [0.1, 0.15) is 40.9 Å². The van der Waals surface area contributed by atoms with E-state index in [9.17, 15) is 9.59 Å². The van der Waals surface area contributed by atoms with Crippen molar-refractivity contribution in [3.63, 3.8) is 0 Å². The number of carbonyl (C=O) groups excluding carboxylic acids is 2. The lowest BCUT2D eigenvalue weighted by atomic mass is 10.00. The molecule has 0 saturated heterocycles. The summed E-state index contributed by atoms with van der Waals surface area (Å²) in [7, 11) is 0. The van der Waals surface area contributed by atoms with Gasteiger partial charge in [0.15, 0.2) is 6.61 Å². The lowest BCUT2D eigenvalue weighted by Crippen LogP contribution is -2.32. The van der Waals surface area contributed by atoms with Gasteiger partial charge in [0.05, 0.1) is 11.6 Å². The fourth-order valence-electron chi connectivity index (χ4n) is 3.20. The molecule has 148 valence electrons. The third kappa shape index (κ3) is 5.32.